The number of phenols is 1. The van der Waals surface area contributed by atoms with Gasteiger partial charge in [0, 0.05) is 0 Å². The standard InChI is InChI=1S/C13H20O.C2H6/c1-4-11(8-10(2)3)12-6-5-7-13(14)9-12;1-2/h5-7,9-11,14H,4,8H2,1-3H3;1-2H3. The first-order chi connectivity index (χ1) is 7.63. The molecule has 1 heteroatoms. The maximum Gasteiger partial charge on any atom is 0.115 e. The number of benzene rings is 1. The van der Waals surface area contributed by atoms with Crippen molar-refractivity contribution in [2.75, 3.05) is 0 Å². The van der Waals surface area contributed by atoms with Crippen LogP contribution in [0, 0.1) is 5.92 Å². The van der Waals surface area contributed by atoms with Gasteiger partial charge in [0.05, 0.1) is 0 Å². The zero-order valence-electron chi connectivity index (χ0n) is 11.3. The van der Waals surface area contributed by atoms with Crippen LogP contribution in [-0.4, -0.2) is 5.11 Å². The average Bonchev–Trinajstić information content (AvgIpc) is 2.28. The quantitative estimate of drug-likeness (QED) is 0.763. The Kier molecular flexibility index (Phi) is 7.70. The second-order valence-electron chi connectivity index (χ2n) is 4.33. The van der Waals surface area contributed by atoms with Gasteiger partial charge in [0.2, 0.25) is 0 Å². The molecular formula is C15H26O. The summed E-state index contributed by atoms with van der Waals surface area (Å²) < 4.78 is 0. The van der Waals surface area contributed by atoms with Gasteiger partial charge < -0.3 is 5.11 Å². The fraction of sp³-hybridized carbons (Fsp3) is 0.600. The van der Waals surface area contributed by atoms with Crippen LogP contribution in [0.25, 0.3) is 0 Å². The second-order valence-corrected chi connectivity index (χ2v) is 4.33. The van der Waals surface area contributed by atoms with Crippen molar-refractivity contribution < 1.29 is 5.11 Å². The van der Waals surface area contributed by atoms with Crippen LogP contribution >= 0.6 is 0 Å². The molecule has 1 N–H and O–H groups in total. The molecule has 1 aromatic rings. The Labute approximate surface area is 101 Å². The summed E-state index contributed by atoms with van der Waals surface area (Å²) in [7, 11) is 0. The molecule has 0 spiro atoms. The normalized spacial score (nSPS) is 11.9. The fourth-order valence-electron chi connectivity index (χ4n) is 1.89. The third kappa shape index (κ3) is 5.20. The Hall–Kier alpha value is -0.980. The molecule has 1 aromatic carbocycles. The molecule has 0 aromatic heterocycles. The van der Waals surface area contributed by atoms with Crippen molar-refractivity contribution in [3.05, 3.63) is 29.8 Å². The highest BCUT2D eigenvalue weighted by Gasteiger charge is 2.11. The molecule has 0 saturated heterocycles. The summed E-state index contributed by atoms with van der Waals surface area (Å²) in [6.45, 7) is 10.7. The van der Waals surface area contributed by atoms with Crippen LogP contribution in [0.5, 0.6) is 5.75 Å². The lowest BCUT2D eigenvalue weighted by molar-refractivity contribution is 0.465. The maximum atomic E-state index is 9.39. The van der Waals surface area contributed by atoms with E-state index in [2.05, 4.69) is 26.8 Å². The minimum atomic E-state index is 0.379. The number of hydrogen-bond acceptors (Lipinski definition) is 1. The van der Waals surface area contributed by atoms with Crippen LogP contribution < -0.4 is 0 Å². The zero-order valence-corrected chi connectivity index (χ0v) is 11.3. The molecule has 1 rings (SSSR count). The average molecular weight is 222 g/mol. The third-order valence-corrected chi connectivity index (χ3v) is 2.59. The number of hydrogen-bond donors (Lipinski definition) is 1. The second kappa shape index (κ2) is 8.20. The Morgan fingerprint density at radius 2 is 1.81 bits per heavy atom. The first kappa shape index (κ1) is 15.0. The van der Waals surface area contributed by atoms with E-state index in [1.807, 2.05) is 26.0 Å². The Morgan fingerprint density at radius 3 is 2.25 bits per heavy atom. The molecule has 1 nitrogen and oxygen atoms in total. The van der Waals surface area contributed by atoms with Crippen molar-refractivity contribution in [2.45, 2.75) is 53.4 Å². The molecule has 0 saturated carbocycles. The lowest BCUT2D eigenvalue weighted by Gasteiger charge is -2.17. The van der Waals surface area contributed by atoms with E-state index in [0.717, 1.165) is 6.42 Å². The summed E-state index contributed by atoms with van der Waals surface area (Å²) in [6.07, 6.45) is 2.33. The van der Waals surface area contributed by atoms with E-state index in [-0.39, 0.29) is 0 Å². The van der Waals surface area contributed by atoms with E-state index in [0.29, 0.717) is 17.6 Å². The predicted octanol–water partition coefficient (Wildman–Crippen LogP) is 4.96. The highest BCUT2D eigenvalue weighted by atomic mass is 16.3. The van der Waals surface area contributed by atoms with Crippen molar-refractivity contribution in [1.82, 2.24) is 0 Å². The highest BCUT2D eigenvalue weighted by Crippen LogP contribution is 2.28. The van der Waals surface area contributed by atoms with Crippen LogP contribution in [0.1, 0.15) is 58.9 Å². The van der Waals surface area contributed by atoms with Crippen LogP contribution in [0.3, 0.4) is 0 Å². The largest absolute Gasteiger partial charge is 0.508 e. The molecule has 0 aliphatic rings. The molecule has 0 fully saturated rings. The molecule has 0 aliphatic heterocycles. The maximum absolute atomic E-state index is 9.39. The van der Waals surface area contributed by atoms with Gasteiger partial charge >= 0.3 is 0 Å². The molecular weight excluding hydrogens is 196 g/mol. The molecule has 1 atom stereocenters. The van der Waals surface area contributed by atoms with E-state index in [1.165, 1.54) is 12.0 Å². The van der Waals surface area contributed by atoms with Crippen LogP contribution in [-0.2, 0) is 0 Å². The summed E-state index contributed by atoms with van der Waals surface area (Å²) in [6, 6.07) is 7.64. The highest BCUT2D eigenvalue weighted by molar-refractivity contribution is 5.29. The topological polar surface area (TPSA) is 20.2 Å². The van der Waals surface area contributed by atoms with Gasteiger partial charge in [0.25, 0.3) is 0 Å². The minimum Gasteiger partial charge on any atom is -0.508 e. The number of aromatic hydroxyl groups is 1. The van der Waals surface area contributed by atoms with Gasteiger partial charge in [-0.3, -0.25) is 0 Å². The van der Waals surface area contributed by atoms with E-state index in [9.17, 15) is 5.11 Å². The molecule has 0 amide bonds. The Bertz CT molecular complexity index is 279. The Morgan fingerprint density at radius 1 is 1.19 bits per heavy atom. The first-order valence-corrected chi connectivity index (χ1v) is 6.42. The summed E-state index contributed by atoms with van der Waals surface area (Å²) in [5.41, 5.74) is 1.27. The number of phenolic OH excluding ortho intramolecular Hbond substituents is 1. The smallest absolute Gasteiger partial charge is 0.115 e. The fourth-order valence-corrected chi connectivity index (χ4v) is 1.89. The van der Waals surface area contributed by atoms with Crippen LogP contribution in [0.4, 0.5) is 0 Å². The van der Waals surface area contributed by atoms with Crippen molar-refractivity contribution in [3.8, 4) is 5.75 Å². The first-order valence-electron chi connectivity index (χ1n) is 6.42. The van der Waals surface area contributed by atoms with Gasteiger partial charge in [-0.05, 0) is 42.4 Å². The van der Waals surface area contributed by atoms with Gasteiger partial charge in [-0.15, -0.1) is 0 Å². The van der Waals surface area contributed by atoms with E-state index < -0.39 is 0 Å². The molecule has 1 unspecified atom stereocenters. The summed E-state index contributed by atoms with van der Waals surface area (Å²) in [4.78, 5) is 0. The van der Waals surface area contributed by atoms with E-state index >= 15 is 0 Å². The van der Waals surface area contributed by atoms with E-state index in [1.54, 1.807) is 6.07 Å². The lowest BCUT2D eigenvalue weighted by Crippen LogP contribution is -2.01. The van der Waals surface area contributed by atoms with Crippen molar-refractivity contribution in [1.29, 1.82) is 0 Å². The SMILES string of the molecule is CC.CCC(CC(C)C)c1cccc(O)c1. The van der Waals surface area contributed by atoms with Gasteiger partial charge in [-0.1, -0.05) is 46.8 Å². The van der Waals surface area contributed by atoms with Crippen molar-refractivity contribution >= 4 is 0 Å². The molecule has 16 heavy (non-hydrogen) atoms. The van der Waals surface area contributed by atoms with Gasteiger partial charge in [-0.2, -0.15) is 0 Å². The lowest BCUT2D eigenvalue weighted by atomic mass is 9.88. The van der Waals surface area contributed by atoms with Gasteiger partial charge in [-0.25, -0.2) is 0 Å². The summed E-state index contributed by atoms with van der Waals surface area (Å²) in [5, 5.41) is 9.39. The van der Waals surface area contributed by atoms with Crippen LogP contribution in [0.2, 0.25) is 0 Å². The molecule has 0 bridgehead atoms. The zero-order chi connectivity index (χ0) is 12.6. The monoisotopic (exact) mass is 222 g/mol. The molecule has 0 radical (unpaired) electrons. The predicted molar refractivity (Wildman–Crippen MR) is 71.9 cm³/mol. The third-order valence-electron chi connectivity index (χ3n) is 2.59. The van der Waals surface area contributed by atoms with Gasteiger partial charge in [0.15, 0.2) is 0 Å². The summed E-state index contributed by atoms with van der Waals surface area (Å²) >= 11 is 0. The van der Waals surface area contributed by atoms with E-state index in [4.69, 9.17) is 0 Å². The van der Waals surface area contributed by atoms with Crippen molar-refractivity contribution in [2.24, 2.45) is 5.92 Å². The summed E-state index contributed by atoms with van der Waals surface area (Å²) in [5.74, 6) is 1.68. The van der Waals surface area contributed by atoms with Crippen molar-refractivity contribution in [3.63, 3.8) is 0 Å². The minimum absolute atomic E-state index is 0.379. The molecule has 0 aliphatic carbocycles. The van der Waals surface area contributed by atoms with Crippen LogP contribution in [0.15, 0.2) is 24.3 Å². The van der Waals surface area contributed by atoms with Gasteiger partial charge in [0.1, 0.15) is 5.75 Å². The molecule has 0 heterocycles. The Balaban J connectivity index is 0.00000106. The molecule has 92 valence electrons. The number of rotatable bonds is 4.